The zero-order chi connectivity index (χ0) is 4.00. The van der Waals surface area contributed by atoms with Gasteiger partial charge in [0, 0.05) is 7.11 Å². The Balaban J connectivity index is 0. The van der Waals surface area contributed by atoms with Gasteiger partial charge in [-0.1, -0.05) is 0 Å². The summed E-state index contributed by atoms with van der Waals surface area (Å²) in [6, 6.07) is 0. The van der Waals surface area contributed by atoms with Gasteiger partial charge in [-0.05, 0) is 0 Å². The van der Waals surface area contributed by atoms with Gasteiger partial charge in [0.2, 0.25) is 0 Å². The summed E-state index contributed by atoms with van der Waals surface area (Å²) < 4.78 is 0. The van der Waals surface area contributed by atoms with Gasteiger partial charge in [0.05, 0.1) is 0 Å². The molecule has 0 heterocycles. The predicted molar refractivity (Wildman–Crippen MR) is 14.0 cm³/mol. The predicted octanol–water partition coefficient (Wildman–Crippen LogP) is 0.298. The molecular weight excluding hydrogens is 222 g/mol. The van der Waals surface area contributed by atoms with Gasteiger partial charge in [0.25, 0.3) is 0 Å². The second kappa shape index (κ2) is 24.0. The molecule has 0 fully saturated rings. The summed E-state index contributed by atoms with van der Waals surface area (Å²) >= 11 is 1.47. The number of hydrogen-bond acceptors (Lipinski definition) is 1. The van der Waals surface area contributed by atoms with E-state index in [2.05, 4.69) is 6.22 Å². The van der Waals surface area contributed by atoms with Crippen LogP contribution < -0.4 is 0 Å². The number of rotatable bonds is 0. The fourth-order valence-corrected chi connectivity index (χ4v) is 0. The molecule has 0 bridgehead atoms. The molecule has 1 N–H and O–H groups in total. The van der Waals surface area contributed by atoms with Crippen molar-refractivity contribution in [3.63, 3.8) is 0 Å². The molecule has 3 heteroatoms. The molecule has 0 radical (unpaired) electrons. The van der Waals surface area contributed by atoms with E-state index in [0.717, 1.165) is 7.11 Å². The SMILES string of the molecule is CO.[Cl][Tb]. The van der Waals surface area contributed by atoms with Crippen LogP contribution in [0, 0.1) is 35.1 Å². The fraction of sp³-hybridized carbons (Fsp3) is 1.00. The van der Waals surface area contributed by atoms with E-state index in [9.17, 15) is 0 Å². The van der Waals surface area contributed by atoms with Crippen molar-refractivity contribution in [1.82, 2.24) is 0 Å². The van der Waals surface area contributed by atoms with Gasteiger partial charge in [-0.3, -0.25) is 0 Å². The van der Waals surface area contributed by atoms with E-state index in [1.165, 1.54) is 35.1 Å². The Labute approximate surface area is 52.9 Å². The van der Waals surface area contributed by atoms with Crippen LogP contribution in [0.3, 0.4) is 0 Å². The second-order valence-electron chi connectivity index (χ2n) is 0. The van der Waals surface area contributed by atoms with Gasteiger partial charge in [-0.15, -0.1) is 0 Å². The Bertz CT molecular complexity index is 8.00. The molecule has 0 atom stereocenters. The van der Waals surface area contributed by atoms with Crippen molar-refractivity contribution in [1.29, 1.82) is 0 Å². The monoisotopic (exact) mass is 226 g/mol. The van der Waals surface area contributed by atoms with Gasteiger partial charge in [0.15, 0.2) is 0 Å². The molecule has 0 saturated carbocycles. The first-order chi connectivity index (χ1) is 2.00. The number of aliphatic hydroxyl groups excluding tert-OH is 1. The van der Waals surface area contributed by atoms with Crippen LogP contribution in [0.5, 0.6) is 0 Å². The van der Waals surface area contributed by atoms with Crippen LogP contribution in [0.25, 0.3) is 0 Å². The molecule has 0 aliphatic carbocycles. The minimum absolute atomic E-state index is 1.00. The van der Waals surface area contributed by atoms with E-state index in [1.54, 1.807) is 0 Å². The van der Waals surface area contributed by atoms with E-state index in [-0.39, 0.29) is 0 Å². The van der Waals surface area contributed by atoms with Gasteiger partial charge in [-0.2, -0.15) is 0 Å². The molecule has 4 heavy (non-hydrogen) atoms. The Hall–Kier alpha value is 1.54. The van der Waals surface area contributed by atoms with Crippen molar-refractivity contribution in [3.8, 4) is 0 Å². The third-order valence-corrected chi connectivity index (χ3v) is 0. The average Bonchev–Trinajstić information content (AvgIpc) is 1.50. The summed E-state index contributed by atoms with van der Waals surface area (Å²) in [5.74, 6) is 0. The Kier molecular flexibility index (Phi) is 54.8. The summed E-state index contributed by atoms with van der Waals surface area (Å²) in [7, 11) is 1.00. The van der Waals surface area contributed by atoms with E-state index in [0.29, 0.717) is 0 Å². The molecule has 0 rings (SSSR count). The minimum atomic E-state index is 1.00. The molecule has 0 aliphatic rings. The molecule has 1 nitrogen and oxygen atoms in total. The molecule has 30 valence electrons. The molecule has 0 aromatic rings. The van der Waals surface area contributed by atoms with Crippen LogP contribution >= 0.6 is 6.22 Å². The van der Waals surface area contributed by atoms with Gasteiger partial charge >= 0.3 is 41.3 Å². The van der Waals surface area contributed by atoms with Gasteiger partial charge in [-0.25, -0.2) is 0 Å². The van der Waals surface area contributed by atoms with E-state index in [1.807, 2.05) is 0 Å². The Morgan fingerprint density at radius 2 is 1.50 bits per heavy atom. The van der Waals surface area contributed by atoms with Crippen molar-refractivity contribution < 1.29 is 40.2 Å². The van der Waals surface area contributed by atoms with Gasteiger partial charge < -0.3 is 5.11 Å². The average molecular weight is 226 g/mol. The van der Waals surface area contributed by atoms with Crippen molar-refractivity contribution in [3.05, 3.63) is 0 Å². The van der Waals surface area contributed by atoms with Crippen molar-refractivity contribution in [2.24, 2.45) is 0 Å². The van der Waals surface area contributed by atoms with Crippen molar-refractivity contribution >= 4 is 6.22 Å². The van der Waals surface area contributed by atoms with Crippen LogP contribution in [0.1, 0.15) is 0 Å². The molecule has 0 saturated heterocycles. The maximum absolute atomic E-state index is 7.00. The first kappa shape index (κ1) is 9.11. The normalized spacial score (nSPS) is 3.25. The summed E-state index contributed by atoms with van der Waals surface area (Å²) in [6.07, 6.45) is 4.64. The fourth-order valence-electron chi connectivity index (χ4n) is 0. The summed E-state index contributed by atoms with van der Waals surface area (Å²) in [5.41, 5.74) is 0. The third-order valence-electron chi connectivity index (χ3n) is 0. The zero-order valence-corrected chi connectivity index (χ0v) is 5.05. The second-order valence-corrected chi connectivity index (χ2v) is 0. The Morgan fingerprint density at radius 1 is 1.50 bits per heavy atom. The standard InChI is InChI=1S/CH4O.ClH.Tb/c1-2;;/h2H,1H3;1H;/q;;+1/p-1. The topological polar surface area (TPSA) is 20.2 Å². The Morgan fingerprint density at radius 3 is 1.50 bits per heavy atom. The molecule has 0 aromatic carbocycles. The van der Waals surface area contributed by atoms with E-state index < -0.39 is 0 Å². The van der Waals surface area contributed by atoms with Crippen LogP contribution in [-0.2, 0) is 0 Å². The van der Waals surface area contributed by atoms with Crippen LogP contribution in [0.4, 0.5) is 0 Å². The van der Waals surface area contributed by atoms with Gasteiger partial charge in [0.1, 0.15) is 0 Å². The summed E-state index contributed by atoms with van der Waals surface area (Å²) in [6.45, 7) is 0. The van der Waals surface area contributed by atoms with Crippen molar-refractivity contribution in [2.75, 3.05) is 7.11 Å². The zero-order valence-electron chi connectivity index (χ0n) is 2.16. The number of halogens is 1. The summed E-state index contributed by atoms with van der Waals surface area (Å²) in [5, 5.41) is 7.00. The molecular formula is CH4ClOTb. The molecule has 0 amide bonds. The van der Waals surface area contributed by atoms with Crippen LogP contribution in [0.15, 0.2) is 0 Å². The summed E-state index contributed by atoms with van der Waals surface area (Å²) in [4.78, 5) is 0. The first-order valence-electron chi connectivity index (χ1n) is 0.573. The number of aliphatic hydroxyl groups is 1. The maximum atomic E-state index is 7.00. The molecule has 0 spiro atoms. The molecule has 0 aromatic heterocycles. The molecule has 0 aliphatic heterocycles. The van der Waals surface area contributed by atoms with E-state index >= 15 is 0 Å². The number of hydrogen-bond donors (Lipinski definition) is 1. The third kappa shape index (κ3) is 9.64. The van der Waals surface area contributed by atoms with E-state index in [4.69, 9.17) is 5.11 Å². The van der Waals surface area contributed by atoms with Crippen LogP contribution in [-0.4, -0.2) is 12.2 Å². The molecule has 0 unspecified atom stereocenters. The van der Waals surface area contributed by atoms with Crippen molar-refractivity contribution in [2.45, 2.75) is 0 Å². The quantitative estimate of drug-likeness (QED) is 0.630. The first-order valence-corrected chi connectivity index (χ1v) is 3.25. The van der Waals surface area contributed by atoms with Crippen LogP contribution in [0.2, 0.25) is 0 Å².